The van der Waals surface area contributed by atoms with E-state index in [4.69, 9.17) is 9.05 Å². The van der Waals surface area contributed by atoms with Gasteiger partial charge in [0.15, 0.2) is 0 Å². The van der Waals surface area contributed by atoms with Crippen molar-refractivity contribution in [1.82, 2.24) is 9.34 Å². The minimum Gasteiger partial charge on any atom is -0.468 e. The van der Waals surface area contributed by atoms with E-state index >= 15 is 0 Å². The molecule has 0 saturated heterocycles. The van der Waals surface area contributed by atoms with Gasteiger partial charge in [-0.25, -0.2) is 13.7 Å². The Morgan fingerprint density at radius 2 is 1.34 bits per heavy atom. The van der Waals surface area contributed by atoms with Crippen LogP contribution in [0.1, 0.15) is 41.0 Å². The zero-order valence-electron chi connectivity index (χ0n) is 22.3. The van der Waals surface area contributed by atoms with Gasteiger partial charge in [0.2, 0.25) is 0 Å². The lowest BCUT2D eigenvalue weighted by atomic mass is 10.0. The first kappa shape index (κ1) is 35.4. The number of carbonyl (C=O) groups is 2. The van der Waals surface area contributed by atoms with Crippen molar-refractivity contribution >= 4 is 27.0 Å². The van der Waals surface area contributed by atoms with Crippen molar-refractivity contribution in [3.05, 3.63) is 50.1 Å². The van der Waals surface area contributed by atoms with Crippen LogP contribution in [0.5, 0.6) is 0 Å². The molecule has 0 unspecified atom stereocenters. The molecule has 0 saturated carbocycles. The Morgan fingerprint density at radius 1 is 0.857 bits per heavy atom. The van der Waals surface area contributed by atoms with Crippen LogP contribution < -0.4 is 0 Å². The van der Waals surface area contributed by atoms with E-state index in [1.165, 1.54) is 31.0 Å². The second-order valence-corrected chi connectivity index (χ2v) is 13.3. The van der Waals surface area contributed by atoms with Gasteiger partial charge in [0.1, 0.15) is 12.6 Å². The van der Waals surface area contributed by atoms with Gasteiger partial charge in [0.05, 0.1) is 14.2 Å². The van der Waals surface area contributed by atoms with Crippen LogP contribution in [-0.2, 0) is 32.5 Å². The van der Waals surface area contributed by atoms with E-state index in [1.807, 2.05) is 13.8 Å². The molecule has 0 aromatic rings. The summed E-state index contributed by atoms with van der Waals surface area (Å²) in [5.74, 6) is 1.55. The third-order valence-electron chi connectivity index (χ3n) is 4.17. The van der Waals surface area contributed by atoms with Gasteiger partial charge in [-0.1, -0.05) is 59.9 Å². The molecule has 0 aromatic heterocycles. The summed E-state index contributed by atoms with van der Waals surface area (Å²) in [4.78, 5) is 24.3. The molecule has 3 atom stereocenters. The van der Waals surface area contributed by atoms with Crippen molar-refractivity contribution in [2.24, 2.45) is 11.8 Å². The Hall–Kier alpha value is -1.76. The second kappa shape index (κ2) is 17.6. The van der Waals surface area contributed by atoms with Crippen LogP contribution >= 0.6 is 15.0 Å². The Bertz CT molecular complexity index is 809. The maximum atomic E-state index is 13.9. The van der Waals surface area contributed by atoms with Gasteiger partial charge in [-0.2, -0.15) is 0 Å². The summed E-state index contributed by atoms with van der Waals surface area (Å²) in [5, 5.41) is 0. The Balaban J connectivity index is 0. The highest BCUT2D eigenvalue weighted by Gasteiger charge is 2.44. The lowest BCUT2D eigenvalue weighted by Gasteiger charge is -2.37. The first-order valence-electron chi connectivity index (χ1n) is 11.3. The minimum absolute atomic E-state index is 0.0363. The summed E-state index contributed by atoms with van der Waals surface area (Å²) >= 11 is 0. The van der Waals surface area contributed by atoms with Gasteiger partial charge in [-0.15, -0.1) is 13.2 Å². The molecule has 0 aliphatic rings. The van der Waals surface area contributed by atoms with Crippen LogP contribution in [0.25, 0.3) is 0 Å². The number of rotatable bonds is 16. The average Bonchev–Trinajstić information content (AvgIpc) is 2.79. The molecule has 0 aliphatic heterocycles. The molecule has 0 rings (SSSR count). The molecule has 0 aliphatic carbocycles. The summed E-state index contributed by atoms with van der Waals surface area (Å²) in [6.45, 7) is 24.1. The maximum Gasteiger partial charge on any atom is 0.323 e. The Kier molecular flexibility index (Phi) is 17.8. The van der Waals surface area contributed by atoms with Crippen molar-refractivity contribution < 1.29 is 32.5 Å². The third-order valence-corrected chi connectivity index (χ3v) is 9.22. The summed E-state index contributed by atoms with van der Waals surface area (Å²) in [6.07, 6.45) is 3.13. The van der Waals surface area contributed by atoms with E-state index in [-0.39, 0.29) is 19.0 Å². The first-order valence-corrected chi connectivity index (χ1v) is 14.6. The minimum atomic E-state index is -4.11. The summed E-state index contributed by atoms with van der Waals surface area (Å²) < 4.78 is 45.1. The number of hydrogen-bond acceptors (Lipinski definition) is 7. The molecule has 0 amide bonds. The highest BCUT2D eigenvalue weighted by atomic mass is 31.2. The van der Waals surface area contributed by atoms with Crippen molar-refractivity contribution in [3.63, 3.8) is 0 Å². The number of nitrogens with zero attached hydrogens (tertiary/aromatic N) is 2. The van der Waals surface area contributed by atoms with Crippen LogP contribution in [-0.4, -0.2) is 61.2 Å². The standard InChI is InChI=1S/C20H34N2O7P2.C4H10/c1-9-13-21(16-19(23)27-7)30(25,11-3)29-31(26,12-4)22(14-10-2)18(15-17(5)6)20(24)28-8;1-4(2)3/h9-12,17-18H,1-4,13-16H2,5-8H3;4H,1-3H3/t18-,30+,31-;/m0./s1. The lowest BCUT2D eigenvalue weighted by molar-refractivity contribution is -0.145. The fourth-order valence-electron chi connectivity index (χ4n) is 2.68. The van der Waals surface area contributed by atoms with E-state index in [0.29, 0.717) is 6.42 Å². The van der Waals surface area contributed by atoms with Gasteiger partial charge in [0, 0.05) is 24.7 Å². The zero-order chi connectivity index (χ0) is 27.8. The monoisotopic (exact) mass is 534 g/mol. The lowest BCUT2D eigenvalue weighted by Crippen LogP contribution is -2.41. The van der Waals surface area contributed by atoms with Gasteiger partial charge >= 0.3 is 27.0 Å². The fourth-order valence-corrected chi connectivity index (χ4v) is 7.36. The highest BCUT2D eigenvalue weighted by Crippen LogP contribution is 2.68. The molecule has 0 bridgehead atoms. The predicted octanol–water partition coefficient (Wildman–Crippen LogP) is 6.08. The van der Waals surface area contributed by atoms with Gasteiger partial charge in [-0.3, -0.25) is 18.7 Å². The summed E-state index contributed by atoms with van der Waals surface area (Å²) in [5.41, 5.74) is 0. The molecule has 0 radical (unpaired) electrons. The van der Waals surface area contributed by atoms with Gasteiger partial charge in [0.25, 0.3) is 0 Å². The molecule has 11 heteroatoms. The smallest absolute Gasteiger partial charge is 0.323 e. The normalized spacial score (nSPS) is 15.3. The zero-order valence-corrected chi connectivity index (χ0v) is 24.1. The summed E-state index contributed by atoms with van der Waals surface area (Å²) in [6, 6.07) is -0.974. The van der Waals surface area contributed by atoms with Crippen molar-refractivity contribution in [3.8, 4) is 0 Å². The van der Waals surface area contributed by atoms with Crippen molar-refractivity contribution in [1.29, 1.82) is 0 Å². The molecule has 0 fully saturated rings. The SMILES string of the molecule is C=CCN(CC(=O)OC)[P@@](=O)(C=C)O[P@@](=O)(C=C)N(CC=C)[C@@H](CC(C)C)C(=O)OC.CC(C)C. The molecule has 0 aromatic carbocycles. The fraction of sp³-hybridized carbons (Fsp3) is 0.583. The number of esters is 2. The quantitative estimate of drug-likeness (QED) is 0.132. The van der Waals surface area contributed by atoms with Crippen LogP contribution in [0.3, 0.4) is 0 Å². The molecule has 9 nitrogen and oxygen atoms in total. The van der Waals surface area contributed by atoms with E-state index in [9.17, 15) is 18.7 Å². The van der Waals surface area contributed by atoms with Gasteiger partial charge < -0.3 is 9.47 Å². The van der Waals surface area contributed by atoms with E-state index in [2.05, 4.69) is 51.8 Å². The molecule has 0 N–H and O–H groups in total. The number of carbonyl (C=O) groups excluding carboxylic acids is 2. The number of methoxy groups -OCH3 is 2. The predicted molar refractivity (Wildman–Crippen MR) is 143 cm³/mol. The van der Waals surface area contributed by atoms with Crippen LogP contribution in [0.2, 0.25) is 0 Å². The van der Waals surface area contributed by atoms with Crippen LogP contribution in [0.4, 0.5) is 0 Å². The van der Waals surface area contributed by atoms with Gasteiger partial charge in [-0.05, 0) is 18.3 Å². The third kappa shape index (κ3) is 12.7. The largest absolute Gasteiger partial charge is 0.468 e. The second-order valence-electron chi connectivity index (χ2n) is 8.60. The van der Waals surface area contributed by atoms with Crippen molar-refractivity contribution in [2.75, 3.05) is 33.9 Å². The molecule has 0 heterocycles. The number of ether oxygens (including phenoxy) is 2. The summed E-state index contributed by atoms with van der Waals surface area (Å²) in [7, 11) is -5.77. The van der Waals surface area contributed by atoms with Crippen LogP contribution in [0, 0.1) is 11.8 Å². The van der Waals surface area contributed by atoms with E-state index < -0.39 is 39.6 Å². The molecule has 202 valence electrons. The van der Waals surface area contributed by atoms with Crippen LogP contribution in [0.15, 0.2) is 50.1 Å². The number of hydrogen-bond donors (Lipinski definition) is 0. The van der Waals surface area contributed by atoms with Crippen molar-refractivity contribution in [2.45, 2.75) is 47.1 Å². The Morgan fingerprint density at radius 3 is 1.69 bits per heavy atom. The maximum absolute atomic E-state index is 13.9. The topological polar surface area (TPSA) is 102 Å². The Labute approximate surface area is 211 Å². The molecular weight excluding hydrogens is 490 g/mol. The molecule has 0 spiro atoms. The highest BCUT2D eigenvalue weighted by molar-refractivity contribution is 7.72. The van der Waals surface area contributed by atoms with E-state index in [1.54, 1.807) is 0 Å². The molecular formula is C24H44N2O7P2. The average molecular weight is 535 g/mol. The van der Waals surface area contributed by atoms with E-state index in [0.717, 1.165) is 22.2 Å². The first-order chi connectivity index (χ1) is 16.2. The molecule has 35 heavy (non-hydrogen) atoms.